The van der Waals surface area contributed by atoms with E-state index in [1.807, 2.05) is 18.5 Å². The molecule has 2 atom stereocenters. The molecule has 4 heterocycles. The largest absolute Gasteiger partial charge is 0.382 e. The number of aromatic nitrogens is 4. The summed E-state index contributed by atoms with van der Waals surface area (Å²) in [6.07, 6.45) is 11.0. The summed E-state index contributed by atoms with van der Waals surface area (Å²) in [5.74, 6) is 0.0191. The summed E-state index contributed by atoms with van der Waals surface area (Å²) in [6, 6.07) is 12.0. The smallest absolute Gasteiger partial charge is 0.160 e. The molecule has 0 fully saturated rings. The lowest BCUT2D eigenvalue weighted by molar-refractivity contribution is 0.622. The summed E-state index contributed by atoms with van der Waals surface area (Å²) in [5.41, 5.74) is 7.10. The number of pyridine rings is 2. The molecule has 0 aliphatic heterocycles. The molecular formula is C26H27FN5P. The van der Waals surface area contributed by atoms with Crippen LogP contribution in [0.2, 0.25) is 0 Å². The molecule has 0 saturated heterocycles. The molecule has 33 heavy (non-hydrogen) atoms. The highest BCUT2D eigenvalue weighted by molar-refractivity contribution is 7.14. The third-order valence-corrected chi connectivity index (χ3v) is 6.75. The molecule has 1 N–H and O–H groups in total. The first-order chi connectivity index (χ1) is 16.0. The van der Waals surface area contributed by atoms with Crippen molar-refractivity contribution in [3.8, 4) is 11.1 Å². The maximum Gasteiger partial charge on any atom is 0.160 e. The molecule has 0 spiro atoms. The van der Waals surface area contributed by atoms with Crippen molar-refractivity contribution in [1.82, 2.24) is 18.7 Å². The molecule has 0 aliphatic rings. The molecule has 2 unspecified atom stereocenters. The number of hydrogen-bond donors (Lipinski definition) is 1. The highest BCUT2D eigenvalue weighted by Crippen LogP contribution is 2.30. The van der Waals surface area contributed by atoms with E-state index in [0.717, 1.165) is 47.5 Å². The standard InChI is InChI=1S/C26H27FN5P/c1-3-17(2)25-14-30-26-23(11-20(15-31(25)26)19-10-21(27)13-28-12-19)29-9-8-18-16-32(33)24-7-5-4-6-22(18)24/h4-7,10-17,29H,3,8-9,33H2,1-2H3. The van der Waals surface area contributed by atoms with Crippen molar-refractivity contribution in [2.45, 2.75) is 32.6 Å². The predicted octanol–water partition coefficient (Wildman–Crippen LogP) is 6.30. The molecule has 0 saturated carbocycles. The molecule has 7 heteroatoms. The van der Waals surface area contributed by atoms with Crippen LogP contribution in [0.15, 0.2) is 67.4 Å². The highest BCUT2D eigenvalue weighted by Gasteiger charge is 2.15. The van der Waals surface area contributed by atoms with E-state index in [-0.39, 0.29) is 5.82 Å². The van der Waals surface area contributed by atoms with Gasteiger partial charge < -0.3 is 14.1 Å². The van der Waals surface area contributed by atoms with E-state index in [2.05, 4.69) is 72.7 Å². The average molecular weight is 460 g/mol. The number of rotatable bonds is 7. The van der Waals surface area contributed by atoms with Gasteiger partial charge in [-0.3, -0.25) is 4.98 Å². The lowest BCUT2D eigenvalue weighted by Crippen LogP contribution is -2.07. The normalized spacial score (nSPS) is 12.5. The highest BCUT2D eigenvalue weighted by atomic mass is 31.0. The van der Waals surface area contributed by atoms with Gasteiger partial charge in [0.15, 0.2) is 5.65 Å². The number of fused-ring (bicyclic) bond motifs is 2. The van der Waals surface area contributed by atoms with E-state index in [4.69, 9.17) is 4.98 Å². The Kier molecular flexibility index (Phi) is 5.86. The number of benzene rings is 1. The zero-order valence-corrected chi connectivity index (χ0v) is 19.9. The van der Waals surface area contributed by atoms with Crippen LogP contribution in [0, 0.1) is 5.82 Å². The van der Waals surface area contributed by atoms with Gasteiger partial charge in [-0.1, -0.05) is 32.0 Å². The van der Waals surface area contributed by atoms with Crippen molar-refractivity contribution < 1.29 is 4.39 Å². The minimum absolute atomic E-state index is 0.344. The summed E-state index contributed by atoms with van der Waals surface area (Å²) in [5, 5.41) is 4.85. The Morgan fingerprint density at radius 1 is 1.09 bits per heavy atom. The van der Waals surface area contributed by atoms with Crippen LogP contribution >= 0.6 is 9.39 Å². The number of nitrogens with zero attached hydrogens (tertiary/aromatic N) is 4. The van der Waals surface area contributed by atoms with Gasteiger partial charge in [0.05, 0.1) is 17.4 Å². The van der Waals surface area contributed by atoms with E-state index in [9.17, 15) is 4.39 Å². The van der Waals surface area contributed by atoms with E-state index >= 15 is 0 Å². The number of nitrogens with one attached hydrogen (secondary N) is 1. The molecule has 5 aromatic rings. The number of anilines is 1. The molecule has 0 radical (unpaired) electrons. The van der Waals surface area contributed by atoms with Gasteiger partial charge >= 0.3 is 0 Å². The maximum absolute atomic E-state index is 13.9. The third kappa shape index (κ3) is 4.11. The van der Waals surface area contributed by atoms with Crippen LogP contribution in [0.3, 0.4) is 0 Å². The van der Waals surface area contributed by atoms with Crippen molar-refractivity contribution >= 4 is 31.6 Å². The average Bonchev–Trinajstić information content (AvgIpc) is 3.40. The summed E-state index contributed by atoms with van der Waals surface area (Å²) in [7, 11) is 2.76. The first-order valence-corrected chi connectivity index (χ1v) is 11.8. The molecule has 5 nitrogen and oxygen atoms in total. The van der Waals surface area contributed by atoms with Gasteiger partial charge in [-0.2, -0.15) is 0 Å². The topological polar surface area (TPSA) is 47.2 Å². The van der Waals surface area contributed by atoms with Crippen molar-refractivity contribution in [2.75, 3.05) is 11.9 Å². The summed E-state index contributed by atoms with van der Waals surface area (Å²) >= 11 is 0. The van der Waals surface area contributed by atoms with Crippen LogP contribution in [0.5, 0.6) is 0 Å². The summed E-state index contributed by atoms with van der Waals surface area (Å²) in [6.45, 7) is 5.13. The second kappa shape index (κ2) is 8.95. The fourth-order valence-electron chi connectivity index (χ4n) is 4.35. The molecule has 168 valence electrons. The lowest BCUT2D eigenvalue weighted by atomic mass is 10.1. The Morgan fingerprint density at radius 2 is 1.94 bits per heavy atom. The predicted molar refractivity (Wildman–Crippen MR) is 136 cm³/mol. The molecule has 0 aliphatic carbocycles. The van der Waals surface area contributed by atoms with Crippen LogP contribution in [-0.2, 0) is 6.42 Å². The zero-order valence-electron chi connectivity index (χ0n) is 18.8. The Balaban J connectivity index is 1.50. The summed E-state index contributed by atoms with van der Waals surface area (Å²) < 4.78 is 18.1. The van der Waals surface area contributed by atoms with Gasteiger partial charge in [0.25, 0.3) is 0 Å². The Hall–Kier alpha value is -3.24. The summed E-state index contributed by atoms with van der Waals surface area (Å²) in [4.78, 5) is 8.76. The third-order valence-electron chi connectivity index (χ3n) is 6.32. The van der Waals surface area contributed by atoms with Gasteiger partial charge in [0.2, 0.25) is 0 Å². The van der Waals surface area contributed by atoms with Crippen molar-refractivity contribution in [3.05, 3.63) is 84.5 Å². The lowest BCUT2D eigenvalue weighted by Gasteiger charge is -2.14. The van der Waals surface area contributed by atoms with Crippen LogP contribution in [-0.4, -0.2) is 25.3 Å². The molecule has 1 aromatic carbocycles. The minimum Gasteiger partial charge on any atom is -0.382 e. The van der Waals surface area contributed by atoms with Crippen LogP contribution < -0.4 is 5.32 Å². The van der Waals surface area contributed by atoms with E-state index in [1.165, 1.54) is 28.7 Å². The first kappa shape index (κ1) is 21.6. The molecular weight excluding hydrogens is 432 g/mol. The first-order valence-electron chi connectivity index (χ1n) is 11.2. The van der Waals surface area contributed by atoms with Gasteiger partial charge in [-0.15, -0.1) is 0 Å². The maximum atomic E-state index is 13.9. The fraction of sp³-hybridized carbons (Fsp3) is 0.231. The van der Waals surface area contributed by atoms with Crippen LogP contribution in [0.1, 0.15) is 37.4 Å². The van der Waals surface area contributed by atoms with Crippen molar-refractivity contribution in [1.29, 1.82) is 0 Å². The quantitative estimate of drug-likeness (QED) is 0.291. The van der Waals surface area contributed by atoms with Crippen LogP contribution in [0.4, 0.5) is 10.1 Å². The number of imidazole rings is 1. The minimum atomic E-state index is -0.344. The molecule has 5 rings (SSSR count). The van der Waals surface area contributed by atoms with E-state index in [0.29, 0.717) is 5.92 Å². The van der Waals surface area contributed by atoms with Gasteiger partial charge in [-0.05, 0) is 51.9 Å². The molecule has 0 amide bonds. The fourth-order valence-corrected chi connectivity index (χ4v) is 4.75. The zero-order chi connectivity index (χ0) is 22.9. The molecule has 4 aromatic heterocycles. The second-order valence-electron chi connectivity index (χ2n) is 8.48. The van der Waals surface area contributed by atoms with Gasteiger partial charge in [0.1, 0.15) is 5.82 Å². The van der Waals surface area contributed by atoms with E-state index < -0.39 is 0 Å². The number of halogens is 1. The Labute approximate surface area is 194 Å². The van der Waals surface area contributed by atoms with Crippen molar-refractivity contribution in [2.24, 2.45) is 0 Å². The van der Waals surface area contributed by atoms with Crippen molar-refractivity contribution in [3.63, 3.8) is 0 Å². The number of para-hydroxylation sites is 1. The second-order valence-corrected chi connectivity index (χ2v) is 9.03. The Bertz CT molecular complexity index is 1440. The van der Waals surface area contributed by atoms with Crippen LogP contribution in [0.25, 0.3) is 27.7 Å². The van der Waals surface area contributed by atoms with Gasteiger partial charge in [-0.25, -0.2) is 9.37 Å². The molecule has 0 bridgehead atoms. The van der Waals surface area contributed by atoms with E-state index in [1.54, 1.807) is 6.20 Å². The Morgan fingerprint density at radius 3 is 2.76 bits per heavy atom. The SMILES string of the molecule is CCC(C)c1cnc2c(NCCc3cn(P)c4ccccc34)cc(-c3cncc(F)c3)cn12. The van der Waals surface area contributed by atoms with Gasteiger partial charge in [0, 0.05) is 53.5 Å². The monoisotopic (exact) mass is 459 g/mol. The number of hydrogen-bond acceptors (Lipinski definition) is 3.